The number of piperidine rings is 1. The molecule has 1 heterocycles. The molecule has 0 saturated carbocycles. The Balaban J connectivity index is 0.00000338. The fourth-order valence-electron chi connectivity index (χ4n) is 2.95. The molecule has 2 rings (SSSR count). The predicted molar refractivity (Wildman–Crippen MR) is 102 cm³/mol. The van der Waals surface area contributed by atoms with Crippen LogP contribution in [0.3, 0.4) is 0 Å². The molecule has 0 radical (unpaired) electrons. The molecule has 1 aliphatic heterocycles. The van der Waals surface area contributed by atoms with E-state index in [1.165, 1.54) is 7.11 Å². The van der Waals surface area contributed by atoms with E-state index in [9.17, 15) is 18.0 Å². The van der Waals surface area contributed by atoms with Crippen LogP contribution in [-0.4, -0.2) is 51.5 Å². The van der Waals surface area contributed by atoms with E-state index in [0.717, 1.165) is 11.8 Å². The monoisotopic (exact) mass is 404 g/mol. The van der Waals surface area contributed by atoms with Gasteiger partial charge in [-0.25, -0.2) is 8.42 Å². The number of rotatable bonds is 6. The number of anilines is 1. The van der Waals surface area contributed by atoms with Crippen molar-refractivity contribution in [1.82, 2.24) is 5.32 Å². The highest BCUT2D eigenvalue weighted by atomic mass is 35.5. The second kappa shape index (κ2) is 9.34. The van der Waals surface area contributed by atoms with Crippen molar-refractivity contribution in [2.75, 3.05) is 31.8 Å². The molecule has 0 spiro atoms. The van der Waals surface area contributed by atoms with Gasteiger partial charge in [0.2, 0.25) is 5.91 Å². The molecular weight excluding hydrogens is 380 g/mol. The van der Waals surface area contributed by atoms with Gasteiger partial charge in [0.05, 0.1) is 7.11 Å². The van der Waals surface area contributed by atoms with Crippen molar-refractivity contribution in [2.45, 2.75) is 30.4 Å². The molecule has 2 N–H and O–H groups in total. The number of methoxy groups -OCH3 is 1. The van der Waals surface area contributed by atoms with E-state index in [1.807, 2.05) is 0 Å². The lowest BCUT2D eigenvalue weighted by Gasteiger charge is -2.34. The van der Waals surface area contributed by atoms with Gasteiger partial charge < -0.3 is 15.4 Å². The molecule has 0 atom stereocenters. The van der Waals surface area contributed by atoms with Crippen LogP contribution in [0, 0.1) is 0 Å². The highest BCUT2D eigenvalue weighted by Crippen LogP contribution is 2.29. The van der Waals surface area contributed by atoms with Crippen molar-refractivity contribution in [2.24, 2.45) is 0 Å². The number of esters is 1. The summed E-state index contributed by atoms with van der Waals surface area (Å²) in [4.78, 5) is 23.9. The summed E-state index contributed by atoms with van der Waals surface area (Å²) in [6, 6.07) is 7.02. The number of halogens is 1. The molecule has 0 aromatic heterocycles. The van der Waals surface area contributed by atoms with E-state index >= 15 is 0 Å². The minimum atomic E-state index is -3.54. The van der Waals surface area contributed by atoms with Crippen LogP contribution in [0.5, 0.6) is 0 Å². The maximum absolute atomic E-state index is 12.7. The standard InChI is InChI=1S/C17H24N2O5S.ClH/c1-24-15(20)8-5-13-3-6-14(7-4-13)19-16(21)17(25(2,22)23)9-11-18-12-10-17;/h3-4,6-7,18H,5,8-12H2,1-2H3,(H,19,21);1H. The summed E-state index contributed by atoms with van der Waals surface area (Å²) in [5, 5.41) is 5.81. The molecular formula is C17H25ClN2O5S. The van der Waals surface area contributed by atoms with Gasteiger partial charge in [-0.3, -0.25) is 9.59 Å². The average Bonchev–Trinajstić information content (AvgIpc) is 2.60. The van der Waals surface area contributed by atoms with Crippen LogP contribution in [0.4, 0.5) is 5.69 Å². The summed E-state index contributed by atoms with van der Waals surface area (Å²) in [5.41, 5.74) is 1.47. The van der Waals surface area contributed by atoms with Crippen molar-refractivity contribution in [3.05, 3.63) is 29.8 Å². The molecule has 1 saturated heterocycles. The number of ether oxygens (including phenoxy) is 1. The van der Waals surface area contributed by atoms with E-state index in [2.05, 4.69) is 15.4 Å². The quantitative estimate of drug-likeness (QED) is 0.693. The number of nitrogens with one attached hydrogen (secondary N) is 2. The van der Waals surface area contributed by atoms with Crippen LogP contribution in [0.1, 0.15) is 24.8 Å². The summed E-state index contributed by atoms with van der Waals surface area (Å²) < 4.78 is 27.7. The van der Waals surface area contributed by atoms with Gasteiger partial charge in [-0.1, -0.05) is 12.1 Å². The van der Waals surface area contributed by atoms with E-state index in [1.54, 1.807) is 24.3 Å². The third-order valence-electron chi connectivity index (χ3n) is 4.59. The summed E-state index contributed by atoms with van der Waals surface area (Å²) in [6.07, 6.45) is 2.46. The Kier molecular flexibility index (Phi) is 8.05. The molecule has 1 aliphatic rings. The van der Waals surface area contributed by atoms with Crippen molar-refractivity contribution >= 4 is 39.8 Å². The highest BCUT2D eigenvalue weighted by Gasteiger charge is 2.48. The zero-order chi connectivity index (χ0) is 18.5. The summed E-state index contributed by atoms with van der Waals surface area (Å²) in [5.74, 6) is -0.766. The Morgan fingerprint density at radius 3 is 2.27 bits per heavy atom. The van der Waals surface area contributed by atoms with Gasteiger partial charge in [-0.2, -0.15) is 0 Å². The number of carbonyl (C=O) groups excluding carboxylic acids is 2. The normalized spacial score (nSPS) is 16.2. The average molecular weight is 405 g/mol. The van der Waals surface area contributed by atoms with Crippen LogP contribution in [0.25, 0.3) is 0 Å². The van der Waals surface area contributed by atoms with Crippen LogP contribution >= 0.6 is 12.4 Å². The lowest BCUT2D eigenvalue weighted by Crippen LogP contribution is -2.55. The van der Waals surface area contributed by atoms with Gasteiger partial charge >= 0.3 is 5.97 Å². The number of carbonyl (C=O) groups is 2. The second-order valence-electron chi connectivity index (χ2n) is 6.24. The number of benzene rings is 1. The maximum atomic E-state index is 12.7. The number of sulfone groups is 1. The number of aryl methyl sites for hydroxylation is 1. The van der Waals surface area contributed by atoms with Gasteiger partial charge in [0, 0.05) is 18.4 Å². The molecule has 1 aromatic carbocycles. The lowest BCUT2D eigenvalue weighted by molar-refractivity contribution is -0.140. The van der Waals surface area contributed by atoms with Crippen molar-refractivity contribution in [1.29, 1.82) is 0 Å². The first-order chi connectivity index (χ1) is 11.8. The van der Waals surface area contributed by atoms with Crippen molar-refractivity contribution in [3.63, 3.8) is 0 Å². The first kappa shape index (κ1) is 22.4. The molecule has 9 heteroatoms. The van der Waals surface area contributed by atoms with Gasteiger partial charge in [0.15, 0.2) is 14.6 Å². The Hall–Kier alpha value is -1.64. The van der Waals surface area contributed by atoms with Gasteiger partial charge in [0.1, 0.15) is 0 Å². The SMILES string of the molecule is COC(=O)CCc1ccc(NC(=O)C2(S(C)(=O)=O)CCNCC2)cc1.Cl. The lowest BCUT2D eigenvalue weighted by atomic mass is 9.95. The van der Waals surface area contributed by atoms with E-state index < -0.39 is 20.5 Å². The van der Waals surface area contributed by atoms with Crippen LogP contribution in [0.2, 0.25) is 0 Å². The molecule has 1 amide bonds. The van der Waals surface area contributed by atoms with Gasteiger partial charge in [-0.05, 0) is 50.0 Å². The minimum absolute atomic E-state index is 0. The summed E-state index contributed by atoms with van der Waals surface area (Å²) in [6.45, 7) is 0.986. The van der Waals surface area contributed by atoms with Crippen LogP contribution in [0.15, 0.2) is 24.3 Å². The smallest absolute Gasteiger partial charge is 0.305 e. The number of amides is 1. The molecule has 1 aromatic rings. The zero-order valence-electron chi connectivity index (χ0n) is 14.9. The fraction of sp³-hybridized carbons (Fsp3) is 0.529. The van der Waals surface area contributed by atoms with Crippen molar-refractivity contribution in [3.8, 4) is 0 Å². The van der Waals surface area contributed by atoms with Crippen LogP contribution < -0.4 is 10.6 Å². The summed E-state index contributed by atoms with van der Waals surface area (Å²) in [7, 11) is -2.19. The Morgan fingerprint density at radius 1 is 1.19 bits per heavy atom. The predicted octanol–water partition coefficient (Wildman–Crippen LogP) is 1.32. The van der Waals surface area contributed by atoms with E-state index in [0.29, 0.717) is 25.2 Å². The fourth-order valence-corrected chi connectivity index (χ4v) is 4.28. The Labute approximate surface area is 160 Å². The molecule has 1 fully saturated rings. The first-order valence-electron chi connectivity index (χ1n) is 8.16. The van der Waals surface area contributed by atoms with Crippen LogP contribution in [-0.2, 0) is 30.6 Å². The molecule has 0 aliphatic carbocycles. The van der Waals surface area contributed by atoms with E-state index in [4.69, 9.17) is 0 Å². The minimum Gasteiger partial charge on any atom is -0.469 e. The Morgan fingerprint density at radius 2 is 1.77 bits per heavy atom. The van der Waals surface area contributed by atoms with Gasteiger partial charge in [0.25, 0.3) is 0 Å². The largest absolute Gasteiger partial charge is 0.469 e. The second-order valence-corrected chi connectivity index (χ2v) is 8.57. The molecule has 0 unspecified atom stereocenters. The topological polar surface area (TPSA) is 102 Å². The third kappa shape index (κ3) is 5.18. The van der Waals surface area contributed by atoms with Crippen molar-refractivity contribution < 1.29 is 22.7 Å². The number of hydrogen-bond acceptors (Lipinski definition) is 6. The zero-order valence-corrected chi connectivity index (χ0v) is 16.5. The third-order valence-corrected chi connectivity index (χ3v) is 6.61. The highest BCUT2D eigenvalue weighted by molar-refractivity contribution is 7.92. The van der Waals surface area contributed by atoms with Gasteiger partial charge in [-0.15, -0.1) is 12.4 Å². The molecule has 0 bridgehead atoms. The van der Waals surface area contributed by atoms with E-state index in [-0.39, 0.29) is 37.6 Å². The number of hydrogen-bond donors (Lipinski definition) is 2. The molecule has 7 nitrogen and oxygen atoms in total. The Bertz CT molecular complexity index is 728. The first-order valence-corrected chi connectivity index (χ1v) is 10.1. The summed E-state index contributed by atoms with van der Waals surface area (Å²) >= 11 is 0. The maximum Gasteiger partial charge on any atom is 0.305 e. The molecule has 26 heavy (non-hydrogen) atoms. The molecule has 146 valence electrons.